The van der Waals surface area contributed by atoms with Crippen LogP contribution in [0.25, 0.3) is 0 Å². The van der Waals surface area contributed by atoms with Crippen LogP contribution in [0.1, 0.15) is 24.4 Å². The Morgan fingerprint density at radius 3 is 2.83 bits per heavy atom. The number of carbonyl (C=O) groups is 2. The predicted octanol–water partition coefficient (Wildman–Crippen LogP) is 2.04. The number of fused-ring (bicyclic) bond motifs is 1. The SMILES string of the molecule is O=C(N[C@@H]1CCOc2ccccc21)[C@H]1CC(=O)N(CC(F)(F)F)C1. The molecule has 1 aromatic rings. The van der Waals surface area contributed by atoms with E-state index >= 15 is 0 Å². The molecule has 0 bridgehead atoms. The minimum atomic E-state index is -4.46. The van der Waals surface area contributed by atoms with Crippen LogP contribution < -0.4 is 10.1 Å². The molecule has 2 atom stereocenters. The summed E-state index contributed by atoms with van der Waals surface area (Å²) < 4.78 is 42.8. The second-order valence-corrected chi connectivity index (χ2v) is 6.03. The number of hydrogen-bond donors (Lipinski definition) is 1. The molecule has 5 nitrogen and oxygen atoms in total. The number of nitrogens with zero attached hydrogens (tertiary/aromatic N) is 1. The van der Waals surface area contributed by atoms with Crippen LogP contribution in [-0.4, -0.2) is 42.6 Å². The molecule has 2 aliphatic heterocycles. The number of likely N-dealkylation sites (tertiary alicyclic amines) is 1. The summed E-state index contributed by atoms with van der Waals surface area (Å²) in [4.78, 5) is 24.7. The highest BCUT2D eigenvalue weighted by molar-refractivity contribution is 5.89. The zero-order valence-corrected chi connectivity index (χ0v) is 12.8. The number of benzene rings is 1. The van der Waals surface area contributed by atoms with Gasteiger partial charge in [0.25, 0.3) is 0 Å². The lowest BCUT2D eigenvalue weighted by Crippen LogP contribution is -2.39. The van der Waals surface area contributed by atoms with Crippen molar-refractivity contribution in [3.05, 3.63) is 29.8 Å². The van der Waals surface area contributed by atoms with Crippen molar-refractivity contribution in [2.45, 2.75) is 25.1 Å². The van der Waals surface area contributed by atoms with Crippen LogP contribution in [0.15, 0.2) is 24.3 Å². The predicted molar refractivity (Wildman–Crippen MR) is 78.2 cm³/mol. The Kier molecular flexibility index (Phi) is 4.38. The van der Waals surface area contributed by atoms with Gasteiger partial charge >= 0.3 is 6.18 Å². The molecule has 2 amide bonds. The van der Waals surface area contributed by atoms with Gasteiger partial charge in [0.2, 0.25) is 11.8 Å². The van der Waals surface area contributed by atoms with Crippen molar-refractivity contribution >= 4 is 11.8 Å². The third-order valence-electron chi connectivity index (χ3n) is 4.23. The standard InChI is InChI=1S/C16H17F3N2O3/c17-16(18,19)9-21-8-10(7-14(21)22)15(23)20-12-5-6-24-13-4-2-1-3-11(12)13/h1-4,10,12H,5-9H2,(H,20,23)/t10-,12+/m0/s1. The topological polar surface area (TPSA) is 58.6 Å². The van der Waals surface area contributed by atoms with E-state index in [0.29, 0.717) is 23.7 Å². The Morgan fingerprint density at radius 2 is 2.08 bits per heavy atom. The van der Waals surface area contributed by atoms with Crippen LogP contribution in [0.4, 0.5) is 13.2 Å². The van der Waals surface area contributed by atoms with Crippen molar-refractivity contribution in [3.8, 4) is 5.75 Å². The lowest BCUT2D eigenvalue weighted by molar-refractivity contribution is -0.157. The third kappa shape index (κ3) is 3.63. The second kappa shape index (κ2) is 6.33. The van der Waals surface area contributed by atoms with E-state index in [-0.39, 0.29) is 19.0 Å². The van der Waals surface area contributed by atoms with E-state index in [1.165, 1.54) is 0 Å². The number of carbonyl (C=O) groups excluding carboxylic acids is 2. The molecule has 0 aliphatic carbocycles. The Bertz CT molecular complexity index is 648. The molecule has 1 saturated heterocycles. The smallest absolute Gasteiger partial charge is 0.406 e. The molecule has 2 aliphatic rings. The van der Waals surface area contributed by atoms with Crippen molar-refractivity contribution in [2.75, 3.05) is 19.7 Å². The molecule has 0 unspecified atom stereocenters. The van der Waals surface area contributed by atoms with Crippen molar-refractivity contribution < 1.29 is 27.5 Å². The lowest BCUT2D eigenvalue weighted by Gasteiger charge is -2.27. The van der Waals surface area contributed by atoms with E-state index in [9.17, 15) is 22.8 Å². The summed E-state index contributed by atoms with van der Waals surface area (Å²) in [5.41, 5.74) is 0.841. The molecule has 1 aromatic carbocycles. The van der Waals surface area contributed by atoms with E-state index in [1.54, 1.807) is 6.07 Å². The molecule has 0 radical (unpaired) electrons. The van der Waals surface area contributed by atoms with Crippen molar-refractivity contribution in [2.24, 2.45) is 5.92 Å². The molecule has 0 spiro atoms. The van der Waals surface area contributed by atoms with Gasteiger partial charge in [0.05, 0.1) is 18.6 Å². The number of rotatable bonds is 3. The fraction of sp³-hybridized carbons (Fsp3) is 0.500. The molecular formula is C16H17F3N2O3. The second-order valence-electron chi connectivity index (χ2n) is 6.03. The summed E-state index contributed by atoms with van der Waals surface area (Å²) in [5, 5.41) is 2.84. The quantitative estimate of drug-likeness (QED) is 0.915. The zero-order chi connectivity index (χ0) is 17.3. The molecular weight excluding hydrogens is 325 g/mol. The van der Waals surface area contributed by atoms with E-state index in [0.717, 1.165) is 5.56 Å². The molecule has 1 fully saturated rings. The molecule has 3 rings (SSSR count). The Hall–Kier alpha value is -2.25. The van der Waals surface area contributed by atoms with Crippen LogP contribution >= 0.6 is 0 Å². The molecule has 8 heteroatoms. The molecule has 1 N–H and O–H groups in total. The summed E-state index contributed by atoms with van der Waals surface area (Å²) in [6.45, 7) is -1.06. The number of ether oxygens (including phenoxy) is 1. The summed E-state index contributed by atoms with van der Waals surface area (Å²) in [6, 6.07) is 7.05. The Balaban J connectivity index is 1.63. The van der Waals surface area contributed by atoms with Crippen LogP contribution in [0.3, 0.4) is 0 Å². The largest absolute Gasteiger partial charge is 0.493 e. The monoisotopic (exact) mass is 342 g/mol. The molecule has 130 valence electrons. The zero-order valence-electron chi connectivity index (χ0n) is 12.8. The highest BCUT2D eigenvalue weighted by Crippen LogP contribution is 2.32. The maximum absolute atomic E-state index is 12.4. The Labute approximate surface area is 136 Å². The minimum Gasteiger partial charge on any atom is -0.493 e. The average Bonchev–Trinajstić information content (AvgIpc) is 2.87. The fourth-order valence-corrected chi connectivity index (χ4v) is 3.10. The summed E-state index contributed by atoms with van der Waals surface area (Å²) in [6.07, 6.45) is -4.07. The third-order valence-corrected chi connectivity index (χ3v) is 4.23. The average molecular weight is 342 g/mol. The first-order chi connectivity index (χ1) is 11.3. The van der Waals surface area contributed by atoms with Crippen molar-refractivity contribution in [1.29, 1.82) is 0 Å². The van der Waals surface area contributed by atoms with Gasteiger partial charge in [-0.2, -0.15) is 13.2 Å². The number of hydrogen-bond acceptors (Lipinski definition) is 3. The number of halogens is 3. The summed E-state index contributed by atoms with van der Waals surface area (Å²) in [5.74, 6) is -1.10. The van der Waals surface area contributed by atoms with Gasteiger partial charge in [-0.3, -0.25) is 9.59 Å². The normalized spacial score (nSPS) is 23.6. The first-order valence-corrected chi connectivity index (χ1v) is 7.70. The van der Waals surface area contributed by atoms with E-state index in [4.69, 9.17) is 4.74 Å². The maximum Gasteiger partial charge on any atom is 0.406 e. The highest BCUT2D eigenvalue weighted by atomic mass is 19.4. The van der Waals surface area contributed by atoms with Gasteiger partial charge in [0.15, 0.2) is 0 Å². The van der Waals surface area contributed by atoms with Gasteiger partial charge in [0.1, 0.15) is 12.3 Å². The molecule has 24 heavy (non-hydrogen) atoms. The van der Waals surface area contributed by atoms with Crippen LogP contribution in [-0.2, 0) is 9.59 Å². The minimum absolute atomic E-state index is 0.188. The van der Waals surface area contributed by atoms with Gasteiger partial charge in [0, 0.05) is 24.9 Å². The Morgan fingerprint density at radius 1 is 1.33 bits per heavy atom. The maximum atomic E-state index is 12.4. The first-order valence-electron chi connectivity index (χ1n) is 7.70. The first kappa shape index (κ1) is 16.6. The van der Waals surface area contributed by atoms with Crippen LogP contribution in [0.5, 0.6) is 5.75 Å². The lowest BCUT2D eigenvalue weighted by atomic mass is 9.99. The number of alkyl halides is 3. The number of nitrogens with one attached hydrogen (secondary N) is 1. The van der Waals surface area contributed by atoms with Gasteiger partial charge < -0.3 is 15.0 Å². The van der Waals surface area contributed by atoms with Gasteiger partial charge in [-0.25, -0.2) is 0 Å². The highest BCUT2D eigenvalue weighted by Gasteiger charge is 2.41. The molecule has 0 aromatic heterocycles. The number of amides is 2. The van der Waals surface area contributed by atoms with E-state index in [1.807, 2.05) is 18.2 Å². The van der Waals surface area contributed by atoms with E-state index < -0.39 is 30.5 Å². The van der Waals surface area contributed by atoms with Gasteiger partial charge in [-0.05, 0) is 6.07 Å². The van der Waals surface area contributed by atoms with Gasteiger partial charge in [-0.1, -0.05) is 18.2 Å². The number of para-hydroxylation sites is 1. The fourth-order valence-electron chi connectivity index (χ4n) is 3.10. The van der Waals surface area contributed by atoms with Crippen molar-refractivity contribution in [1.82, 2.24) is 10.2 Å². The van der Waals surface area contributed by atoms with E-state index in [2.05, 4.69) is 5.32 Å². The summed E-state index contributed by atoms with van der Waals surface area (Å²) >= 11 is 0. The van der Waals surface area contributed by atoms with Crippen LogP contribution in [0, 0.1) is 5.92 Å². The molecule has 2 heterocycles. The summed E-state index contributed by atoms with van der Waals surface area (Å²) in [7, 11) is 0. The van der Waals surface area contributed by atoms with Crippen LogP contribution in [0.2, 0.25) is 0 Å². The van der Waals surface area contributed by atoms with Crippen molar-refractivity contribution in [3.63, 3.8) is 0 Å². The molecule has 0 saturated carbocycles. The van der Waals surface area contributed by atoms with Gasteiger partial charge in [-0.15, -0.1) is 0 Å².